The Morgan fingerprint density at radius 3 is 2.23 bits per heavy atom. The molecule has 0 bridgehead atoms. The molecule has 0 heterocycles. The highest BCUT2D eigenvalue weighted by Gasteiger charge is 2.13. The third kappa shape index (κ3) is 6.05. The lowest BCUT2D eigenvalue weighted by molar-refractivity contribution is 0.0339. The Hall–Kier alpha value is -0.0800. The monoisotopic (exact) mass is 187 g/mol. The van der Waals surface area contributed by atoms with Gasteiger partial charge >= 0.3 is 0 Å². The second-order valence-electron chi connectivity index (χ2n) is 4.06. The van der Waals surface area contributed by atoms with E-state index in [4.69, 9.17) is 4.74 Å². The largest absolute Gasteiger partial charge is 0.377 e. The fourth-order valence-electron chi connectivity index (χ4n) is 1.38. The van der Waals surface area contributed by atoms with Gasteiger partial charge in [-0.25, -0.2) is 0 Å². The van der Waals surface area contributed by atoms with Crippen molar-refractivity contribution in [3.05, 3.63) is 0 Å². The van der Waals surface area contributed by atoms with Crippen LogP contribution in [0.1, 0.15) is 40.5 Å². The van der Waals surface area contributed by atoms with E-state index in [1.807, 2.05) is 7.05 Å². The molecule has 0 aliphatic rings. The van der Waals surface area contributed by atoms with Gasteiger partial charge in [-0.15, -0.1) is 0 Å². The standard InChI is InChI=1S/C11H25NO/c1-6-11(12-5)10(4)13-8-7-9(2)3/h9-12H,6-8H2,1-5H3. The summed E-state index contributed by atoms with van der Waals surface area (Å²) in [5.41, 5.74) is 0. The second kappa shape index (κ2) is 7.34. The minimum atomic E-state index is 0.328. The molecule has 0 aliphatic carbocycles. The number of hydrogen-bond acceptors (Lipinski definition) is 2. The predicted molar refractivity (Wildman–Crippen MR) is 58.0 cm³/mol. The second-order valence-corrected chi connectivity index (χ2v) is 4.06. The van der Waals surface area contributed by atoms with E-state index in [2.05, 4.69) is 33.0 Å². The van der Waals surface area contributed by atoms with Crippen molar-refractivity contribution in [2.45, 2.75) is 52.7 Å². The van der Waals surface area contributed by atoms with Crippen LogP contribution in [0, 0.1) is 5.92 Å². The zero-order chi connectivity index (χ0) is 10.3. The molecule has 0 aromatic rings. The molecule has 80 valence electrons. The fraction of sp³-hybridized carbons (Fsp3) is 1.00. The molecule has 0 aromatic heterocycles. The third-order valence-corrected chi connectivity index (χ3v) is 2.45. The Labute approximate surface area is 83.1 Å². The molecule has 0 fully saturated rings. The van der Waals surface area contributed by atoms with Gasteiger partial charge in [0.25, 0.3) is 0 Å². The SMILES string of the molecule is CCC(NC)C(C)OCCC(C)C. The number of hydrogen-bond donors (Lipinski definition) is 1. The van der Waals surface area contributed by atoms with Crippen LogP contribution in [-0.2, 0) is 4.74 Å². The van der Waals surface area contributed by atoms with Crippen molar-refractivity contribution < 1.29 is 4.74 Å². The van der Waals surface area contributed by atoms with Gasteiger partial charge in [0, 0.05) is 12.6 Å². The van der Waals surface area contributed by atoms with Gasteiger partial charge in [0.05, 0.1) is 6.10 Å². The Balaban J connectivity index is 3.53. The number of ether oxygens (including phenoxy) is 1. The van der Waals surface area contributed by atoms with Gasteiger partial charge in [-0.3, -0.25) is 0 Å². The first-order valence-corrected chi connectivity index (χ1v) is 5.40. The lowest BCUT2D eigenvalue weighted by atomic mass is 10.1. The zero-order valence-corrected chi connectivity index (χ0v) is 9.76. The molecule has 0 radical (unpaired) electrons. The quantitative estimate of drug-likeness (QED) is 0.661. The van der Waals surface area contributed by atoms with Crippen molar-refractivity contribution in [2.75, 3.05) is 13.7 Å². The van der Waals surface area contributed by atoms with Crippen molar-refractivity contribution >= 4 is 0 Å². The van der Waals surface area contributed by atoms with Crippen molar-refractivity contribution in [1.29, 1.82) is 0 Å². The van der Waals surface area contributed by atoms with Crippen LogP contribution in [0.4, 0.5) is 0 Å². The third-order valence-electron chi connectivity index (χ3n) is 2.45. The molecule has 2 unspecified atom stereocenters. The lowest BCUT2D eigenvalue weighted by Crippen LogP contribution is -2.37. The van der Waals surface area contributed by atoms with Crippen molar-refractivity contribution in [1.82, 2.24) is 5.32 Å². The van der Waals surface area contributed by atoms with Gasteiger partial charge in [-0.05, 0) is 32.7 Å². The van der Waals surface area contributed by atoms with Crippen molar-refractivity contribution in [3.8, 4) is 0 Å². The van der Waals surface area contributed by atoms with Gasteiger partial charge in [0.2, 0.25) is 0 Å². The van der Waals surface area contributed by atoms with Crippen LogP contribution < -0.4 is 5.32 Å². The molecule has 0 rings (SSSR count). The summed E-state index contributed by atoms with van der Waals surface area (Å²) in [7, 11) is 2.00. The highest BCUT2D eigenvalue weighted by atomic mass is 16.5. The molecule has 1 N–H and O–H groups in total. The van der Waals surface area contributed by atoms with Crippen molar-refractivity contribution in [3.63, 3.8) is 0 Å². The summed E-state index contributed by atoms with van der Waals surface area (Å²) in [6, 6.07) is 0.493. The smallest absolute Gasteiger partial charge is 0.0699 e. The number of nitrogens with one attached hydrogen (secondary N) is 1. The van der Waals surface area contributed by atoms with Crippen molar-refractivity contribution in [2.24, 2.45) is 5.92 Å². The maximum atomic E-state index is 5.73. The normalized spacial score (nSPS) is 16.2. The maximum Gasteiger partial charge on any atom is 0.0699 e. The fourth-order valence-corrected chi connectivity index (χ4v) is 1.38. The molecule has 0 amide bonds. The summed E-state index contributed by atoms with van der Waals surface area (Å²) in [5, 5.41) is 3.26. The summed E-state index contributed by atoms with van der Waals surface area (Å²) >= 11 is 0. The van der Waals surface area contributed by atoms with Crippen LogP contribution in [-0.4, -0.2) is 25.8 Å². The zero-order valence-electron chi connectivity index (χ0n) is 9.76. The molecule has 0 aliphatic heterocycles. The summed E-state index contributed by atoms with van der Waals surface area (Å²) in [4.78, 5) is 0. The maximum absolute atomic E-state index is 5.73. The lowest BCUT2D eigenvalue weighted by Gasteiger charge is -2.22. The van der Waals surface area contributed by atoms with E-state index in [0.717, 1.165) is 25.4 Å². The predicted octanol–water partition coefficient (Wildman–Crippen LogP) is 2.44. The minimum Gasteiger partial charge on any atom is -0.377 e. The van der Waals surface area contributed by atoms with E-state index in [0.29, 0.717) is 12.1 Å². The molecule has 0 saturated carbocycles. The van der Waals surface area contributed by atoms with E-state index in [1.165, 1.54) is 0 Å². The average Bonchev–Trinajstić information content (AvgIpc) is 2.05. The van der Waals surface area contributed by atoms with Gasteiger partial charge < -0.3 is 10.1 Å². The van der Waals surface area contributed by atoms with Crippen LogP contribution in [0.3, 0.4) is 0 Å². The van der Waals surface area contributed by atoms with E-state index in [9.17, 15) is 0 Å². The minimum absolute atomic E-state index is 0.328. The first-order chi connectivity index (χ1) is 6.11. The van der Waals surface area contributed by atoms with Gasteiger partial charge in [0.15, 0.2) is 0 Å². The summed E-state index contributed by atoms with van der Waals surface area (Å²) in [6.07, 6.45) is 2.61. The first-order valence-electron chi connectivity index (χ1n) is 5.40. The Morgan fingerprint density at radius 1 is 1.23 bits per heavy atom. The Kier molecular flexibility index (Phi) is 7.29. The molecular formula is C11H25NO. The van der Waals surface area contributed by atoms with Crippen LogP contribution in [0.2, 0.25) is 0 Å². The molecule has 0 aromatic carbocycles. The van der Waals surface area contributed by atoms with Gasteiger partial charge in [0.1, 0.15) is 0 Å². The molecule has 13 heavy (non-hydrogen) atoms. The topological polar surface area (TPSA) is 21.3 Å². The van der Waals surface area contributed by atoms with E-state index >= 15 is 0 Å². The summed E-state index contributed by atoms with van der Waals surface area (Å²) in [5.74, 6) is 0.738. The Bertz CT molecular complexity index is 111. The molecular weight excluding hydrogens is 162 g/mol. The highest BCUT2D eigenvalue weighted by Crippen LogP contribution is 2.05. The summed E-state index contributed by atoms with van der Waals surface area (Å²) < 4.78 is 5.73. The molecule has 2 atom stereocenters. The van der Waals surface area contributed by atoms with Crippen LogP contribution in [0.25, 0.3) is 0 Å². The molecule has 2 nitrogen and oxygen atoms in total. The average molecular weight is 187 g/mol. The Morgan fingerprint density at radius 2 is 1.85 bits per heavy atom. The van der Waals surface area contributed by atoms with Crippen LogP contribution in [0.5, 0.6) is 0 Å². The van der Waals surface area contributed by atoms with E-state index in [1.54, 1.807) is 0 Å². The summed E-state index contributed by atoms with van der Waals surface area (Å²) in [6.45, 7) is 9.66. The van der Waals surface area contributed by atoms with Gasteiger partial charge in [-0.2, -0.15) is 0 Å². The number of likely N-dealkylation sites (N-methyl/N-ethyl adjacent to an activating group) is 1. The highest BCUT2D eigenvalue weighted by molar-refractivity contribution is 4.69. The van der Waals surface area contributed by atoms with Crippen LogP contribution >= 0.6 is 0 Å². The first kappa shape index (κ1) is 12.9. The molecule has 0 saturated heterocycles. The van der Waals surface area contributed by atoms with Gasteiger partial charge in [-0.1, -0.05) is 20.8 Å². The van der Waals surface area contributed by atoms with E-state index in [-0.39, 0.29) is 0 Å². The van der Waals surface area contributed by atoms with Crippen LogP contribution in [0.15, 0.2) is 0 Å². The molecule has 0 spiro atoms. The number of rotatable bonds is 7. The molecule has 2 heteroatoms. The van der Waals surface area contributed by atoms with E-state index < -0.39 is 0 Å².